The number of aryl methyl sites for hydroxylation is 1. The number of nitrogen functional groups attached to an aromatic ring is 1. The van der Waals surface area contributed by atoms with Crippen molar-refractivity contribution in [2.75, 3.05) is 5.73 Å². The number of hydrogen-bond donors (Lipinski definition) is 2. The molecule has 3 nitrogen and oxygen atoms in total. The predicted molar refractivity (Wildman–Crippen MR) is 81.5 cm³/mol. The molecular weight excluding hydrogens is 278 g/mol. The molecule has 0 aliphatic carbocycles. The van der Waals surface area contributed by atoms with E-state index in [0.717, 1.165) is 21.7 Å². The van der Waals surface area contributed by atoms with Crippen LogP contribution in [-0.2, 0) is 0 Å². The molecule has 0 saturated carbocycles. The van der Waals surface area contributed by atoms with Crippen LogP contribution in [-0.4, -0.2) is 10.2 Å². The zero-order valence-corrected chi connectivity index (χ0v) is 11.8. The lowest BCUT2D eigenvalue weighted by Crippen LogP contribution is -1.88. The van der Waals surface area contributed by atoms with Crippen molar-refractivity contribution < 1.29 is 0 Å². The molecule has 0 atom stereocenters. The van der Waals surface area contributed by atoms with Gasteiger partial charge in [-0.05, 0) is 41.6 Å². The van der Waals surface area contributed by atoms with Crippen LogP contribution in [0.3, 0.4) is 0 Å². The number of nitrogens with zero attached hydrogens (tertiary/aromatic N) is 1. The van der Waals surface area contributed by atoms with Crippen molar-refractivity contribution in [1.82, 2.24) is 10.2 Å². The Kier molecular flexibility index (Phi) is 3.05. The topological polar surface area (TPSA) is 54.7 Å². The van der Waals surface area contributed by atoms with E-state index < -0.39 is 0 Å². The molecule has 0 saturated heterocycles. The Balaban J connectivity index is 2.22. The van der Waals surface area contributed by atoms with Gasteiger partial charge in [0, 0.05) is 5.02 Å². The summed E-state index contributed by atoms with van der Waals surface area (Å²) in [5, 5.41) is 9.91. The van der Waals surface area contributed by atoms with Gasteiger partial charge in [0.15, 0.2) is 5.82 Å². The Morgan fingerprint density at radius 1 is 1.32 bits per heavy atom. The van der Waals surface area contributed by atoms with Gasteiger partial charge in [-0.3, -0.25) is 5.10 Å². The molecule has 0 spiro atoms. The van der Waals surface area contributed by atoms with Crippen molar-refractivity contribution in [1.29, 1.82) is 0 Å². The SMILES string of the molecule is Cc1ccsc1-c1[nH]nc(N)c1-c1cccc(Cl)c1. The third-order valence-electron chi connectivity index (χ3n) is 3.00. The summed E-state index contributed by atoms with van der Waals surface area (Å²) < 4.78 is 0. The minimum atomic E-state index is 0.491. The Bertz CT molecular complexity index is 730. The minimum Gasteiger partial charge on any atom is -0.382 e. The van der Waals surface area contributed by atoms with Crippen molar-refractivity contribution >= 4 is 28.8 Å². The van der Waals surface area contributed by atoms with Crippen molar-refractivity contribution in [2.45, 2.75) is 6.92 Å². The third-order valence-corrected chi connectivity index (χ3v) is 4.27. The van der Waals surface area contributed by atoms with Gasteiger partial charge in [-0.1, -0.05) is 23.7 Å². The van der Waals surface area contributed by atoms with Crippen molar-refractivity contribution in [2.24, 2.45) is 0 Å². The van der Waals surface area contributed by atoms with Gasteiger partial charge in [-0.2, -0.15) is 5.10 Å². The van der Waals surface area contributed by atoms with E-state index in [4.69, 9.17) is 17.3 Å². The van der Waals surface area contributed by atoms with Crippen LogP contribution in [0.4, 0.5) is 5.82 Å². The highest BCUT2D eigenvalue weighted by Gasteiger charge is 2.17. The van der Waals surface area contributed by atoms with Crippen LogP contribution in [0.15, 0.2) is 35.7 Å². The average molecular weight is 290 g/mol. The molecule has 3 aromatic rings. The number of nitrogens with one attached hydrogen (secondary N) is 1. The number of H-pyrrole nitrogens is 1. The fourth-order valence-corrected chi connectivity index (χ4v) is 3.20. The highest BCUT2D eigenvalue weighted by Crippen LogP contribution is 2.38. The number of halogens is 1. The smallest absolute Gasteiger partial charge is 0.153 e. The Morgan fingerprint density at radius 3 is 2.84 bits per heavy atom. The molecule has 0 aliphatic heterocycles. The standard InChI is InChI=1S/C14H12ClN3S/c1-8-5-6-19-13(8)12-11(14(16)18-17-12)9-3-2-4-10(15)7-9/h2-7H,1H3,(H3,16,17,18). The maximum atomic E-state index is 6.05. The van der Waals surface area contributed by atoms with Crippen LogP contribution in [0.5, 0.6) is 0 Å². The summed E-state index contributed by atoms with van der Waals surface area (Å²) in [5.74, 6) is 0.491. The second-order valence-electron chi connectivity index (χ2n) is 4.30. The van der Waals surface area contributed by atoms with E-state index in [-0.39, 0.29) is 0 Å². The second kappa shape index (κ2) is 4.72. The van der Waals surface area contributed by atoms with Gasteiger partial charge in [0.2, 0.25) is 0 Å². The van der Waals surface area contributed by atoms with E-state index in [2.05, 4.69) is 28.6 Å². The van der Waals surface area contributed by atoms with Crippen LogP contribution >= 0.6 is 22.9 Å². The Labute approximate surface area is 120 Å². The molecule has 3 N–H and O–H groups in total. The molecule has 19 heavy (non-hydrogen) atoms. The van der Waals surface area contributed by atoms with Crippen molar-refractivity contribution in [3.63, 3.8) is 0 Å². The predicted octanol–water partition coefficient (Wildman–Crippen LogP) is 4.35. The zero-order valence-electron chi connectivity index (χ0n) is 10.3. The summed E-state index contributed by atoms with van der Waals surface area (Å²) in [6, 6.07) is 9.72. The number of aromatic nitrogens is 2. The molecule has 3 rings (SSSR count). The van der Waals surface area contributed by atoms with E-state index in [9.17, 15) is 0 Å². The zero-order chi connectivity index (χ0) is 13.4. The lowest BCUT2D eigenvalue weighted by Gasteiger charge is -2.04. The summed E-state index contributed by atoms with van der Waals surface area (Å²) in [7, 11) is 0. The van der Waals surface area contributed by atoms with Gasteiger partial charge in [0.1, 0.15) is 0 Å². The lowest BCUT2D eigenvalue weighted by atomic mass is 10.0. The number of nitrogens with two attached hydrogens (primary N) is 1. The quantitative estimate of drug-likeness (QED) is 0.737. The molecule has 2 aromatic heterocycles. The van der Waals surface area contributed by atoms with E-state index in [1.807, 2.05) is 24.3 Å². The molecule has 0 unspecified atom stereocenters. The first-order valence-electron chi connectivity index (χ1n) is 5.81. The molecular formula is C14H12ClN3S. The largest absolute Gasteiger partial charge is 0.382 e. The second-order valence-corrected chi connectivity index (χ2v) is 5.65. The lowest BCUT2D eigenvalue weighted by molar-refractivity contribution is 1.10. The number of rotatable bonds is 2. The van der Waals surface area contributed by atoms with Gasteiger partial charge in [0.25, 0.3) is 0 Å². The van der Waals surface area contributed by atoms with Crippen LogP contribution < -0.4 is 5.73 Å². The number of hydrogen-bond acceptors (Lipinski definition) is 3. The molecule has 0 radical (unpaired) electrons. The minimum absolute atomic E-state index is 0.491. The van der Waals surface area contributed by atoms with Gasteiger partial charge in [-0.25, -0.2) is 0 Å². The van der Waals surface area contributed by atoms with Crippen molar-refractivity contribution in [3.05, 3.63) is 46.3 Å². The molecule has 0 bridgehead atoms. The highest BCUT2D eigenvalue weighted by atomic mass is 35.5. The first-order valence-corrected chi connectivity index (χ1v) is 7.07. The van der Waals surface area contributed by atoms with Gasteiger partial charge in [-0.15, -0.1) is 11.3 Å². The maximum absolute atomic E-state index is 6.05. The Hall–Kier alpha value is -1.78. The summed E-state index contributed by atoms with van der Waals surface area (Å²) in [5.41, 5.74) is 10.0. The van der Waals surface area contributed by atoms with Gasteiger partial charge in [0.05, 0.1) is 16.1 Å². The third kappa shape index (κ3) is 2.13. The molecule has 5 heteroatoms. The first kappa shape index (κ1) is 12.3. The van der Waals surface area contributed by atoms with Crippen LogP contribution in [0.2, 0.25) is 5.02 Å². The fraction of sp³-hybridized carbons (Fsp3) is 0.0714. The molecule has 0 amide bonds. The van der Waals surface area contributed by atoms with Crippen molar-refractivity contribution in [3.8, 4) is 21.7 Å². The van der Waals surface area contributed by atoms with Gasteiger partial charge < -0.3 is 5.73 Å². The van der Waals surface area contributed by atoms with Crippen LogP contribution in [0, 0.1) is 6.92 Å². The number of anilines is 1. The van der Waals surface area contributed by atoms with Crippen LogP contribution in [0.1, 0.15) is 5.56 Å². The number of thiophene rings is 1. The maximum Gasteiger partial charge on any atom is 0.153 e. The summed E-state index contributed by atoms with van der Waals surface area (Å²) >= 11 is 7.72. The molecule has 96 valence electrons. The monoisotopic (exact) mass is 289 g/mol. The first-order chi connectivity index (χ1) is 9.16. The van der Waals surface area contributed by atoms with Crippen LogP contribution in [0.25, 0.3) is 21.7 Å². The van der Waals surface area contributed by atoms with Gasteiger partial charge >= 0.3 is 0 Å². The number of benzene rings is 1. The molecule has 0 fully saturated rings. The molecule has 2 heterocycles. The number of aromatic amines is 1. The average Bonchev–Trinajstić information content (AvgIpc) is 2.95. The molecule has 0 aliphatic rings. The summed E-state index contributed by atoms with van der Waals surface area (Å²) in [6.07, 6.45) is 0. The van der Waals surface area contributed by atoms with E-state index in [1.54, 1.807) is 11.3 Å². The summed E-state index contributed by atoms with van der Waals surface area (Å²) in [6.45, 7) is 2.07. The summed E-state index contributed by atoms with van der Waals surface area (Å²) in [4.78, 5) is 1.15. The van der Waals surface area contributed by atoms with E-state index in [1.165, 1.54) is 5.56 Å². The highest BCUT2D eigenvalue weighted by molar-refractivity contribution is 7.13. The van der Waals surface area contributed by atoms with E-state index in [0.29, 0.717) is 10.8 Å². The molecule has 1 aromatic carbocycles. The van der Waals surface area contributed by atoms with E-state index >= 15 is 0 Å². The normalized spacial score (nSPS) is 10.8. The Morgan fingerprint density at radius 2 is 2.16 bits per heavy atom. The fourth-order valence-electron chi connectivity index (χ4n) is 2.09.